The van der Waals surface area contributed by atoms with Gasteiger partial charge in [-0.1, -0.05) is 48.5 Å². The Morgan fingerprint density at radius 1 is 0.926 bits per heavy atom. The molecule has 0 N–H and O–H groups in total. The molecule has 0 aliphatic heterocycles. The van der Waals surface area contributed by atoms with E-state index in [1.54, 1.807) is 0 Å². The third-order valence-corrected chi connectivity index (χ3v) is 4.14. The second-order valence-corrected chi connectivity index (χ2v) is 6.77. The van der Waals surface area contributed by atoms with Crippen LogP contribution in [0.2, 0.25) is 0 Å². The van der Waals surface area contributed by atoms with Crippen molar-refractivity contribution in [3.05, 3.63) is 84.0 Å². The largest absolute Gasteiger partial charge is 2.00 e. The molecule has 2 aliphatic rings. The summed E-state index contributed by atoms with van der Waals surface area (Å²) in [5.41, 5.74) is 0.108. The molecule has 0 atom stereocenters. The van der Waals surface area contributed by atoms with Crippen LogP contribution in [0.1, 0.15) is 17.5 Å². The number of allylic oxidation sites excluding steroid dienone is 4. The van der Waals surface area contributed by atoms with Gasteiger partial charge in [-0.2, -0.15) is 19.2 Å². The molecule has 0 unspecified atom stereocenters. The summed E-state index contributed by atoms with van der Waals surface area (Å²) in [4.78, 5) is 0. The van der Waals surface area contributed by atoms with E-state index in [2.05, 4.69) is 60.7 Å². The molecule has 0 heterocycles. The van der Waals surface area contributed by atoms with Crippen LogP contribution in [0.25, 0.3) is 11.1 Å². The van der Waals surface area contributed by atoms with Crippen LogP contribution in [0.5, 0.6) is 0 Å². The van der Waals surface area contributed by atoms with E-state index in [0.717, 1.165) is 12.8 Å². The van der Waals surface area contributed by atoms with Gasteiger partial charge in [0.2, 0.25) is 0 Å². The van der Waals surface area contributed by atoms with E-state index in [9.17, 15) is 13.2 Å². The first kappa shape index (κ1) is 23.2. The van der Waals surface area contributed by atoms with E-state index in [-0.39, 0.29) is 17.1 Å². The van der Waals surface area contributed by atoms with E-state index in [1.165, 1.54) is 22.3 Å². The van der Waals surface area contributed by atoms with Crippen LogP contribution in [0.15, 0.2) is 66.8 Å². The number of fused-ring (bicyclic) bond motifs is 3. The Morgan fingerprint density at radius 3 is 1.67 bits per heavy atom. The fraction of sp³-hybridized carbons (Fsp3) is 0.158. The van der Waals surface area contributed by atoms with Crippen molar-refractivity contribution in [2.45, 2.75) is 18.3 Å². The van der Waals surface area contributed by atoms with Crippen LogP contribution in [-0.2, 0) is 33.6 Å². The molecular formula is C19H15F3FeO3S. The van der Waals surface area contributed by atoms with Crippen molar-refractivity contribution in [1.82, 2.24) is 0 Å². The van der Waals surface area contributed by atoms with Gasteiger partial charge in [0, 0.05) is 0 Å². The summed E-state index contributed by atoms with van der Waals surface area (Å²) in [6.45, 7) is 0. The van der Waals surface area contributed by atoms with Crippen LogP contribution in [-0.4, -0.2) is 18.5 Å². The summed E-state index contributed by atoms with van der Waals surface area (Å²) in [5, 5.41) is 0. The standard InChI is InChI=1S/C13H10.C5H5.CHF3O3S.Fe/c1-3-7-12-10(5-1)9-11-6-2-4-8-13(11)12;1-2-4-5-3-1;2-1(3,4)8(5,6)7;/h1-8H,9H2;1-3H,4H2;(H,5,6,7);/q;-1;;+2/p-1. The molecule has 0 spiro atoms. The minimum atomic E-state index is -6.09. The fourth-order valence-corrected chi connectivity index (χ4v) is 2.42. The number of alkyl halides is 3. The van der Waals surface area contributed by atoms with Crippen LogP contribution in [0, 0.1) is 6.08 Å². The van der Waals surface area contributed by atoms with E-state index in [1.807, 2.05) is 12.2 Å². The van der Waals surface area contributed by atoms with E-state index in [0.29, 0.717) is 0 Å². The van der Waals surface area contributed by atoms with E-state index >= 15 is 0 Å². The average Bonchev–Trinajstić information content (AvgIpc) is 3.25. The molecule has 8 heteroatoms. The number of hydrogen-bond acceptors (Lipinski definition) is 3. The SMILES string of the molecule is O=S(=O)([O-])C(F)(F)F.[C-]1=CC=CC1.[Fe+2].c1ccc2c(c1)Cc1ccccc1-2. The zero-order chi connectivity index (χ0) is 19.2. The van der Waals surface area contributed by atoms with Gasteiger partial charge < -0.3 is 4.55 Å². The molecular weight excluding hydrogens is 421 g/mol. The zero-order valence-electron chi connectivity index (χ0n) is 13.9. The fourth-order valence-electron chi connectivity index (χ4n) is 2.42. The topological polar surface area (TPSA) is 57.2 Å². The Morgan fingerprint density at radius 2 is 1.37 bits per heavy atom. The summed E-state index contributed by atoms with van der Waals surface area (Å²) in [5.74, 6) is 0. The maximum absolute atomic E-state index is 10.7. The molecule has 0 aromatic heterocycles. The quantitative estimate of drug-likeness (QED) is 0.224. The van der Waals surface area contributed by atoms with Crippen LogP contribution < -0.4 is 0 Å². The smallest absolute Gasteiger partial charge is 0.741 e. The number of rotatable bonds is 0. The van der Waals surface area contributed by atoms with Gasteiger partial charge in [0.1, 0.15) is 0 Å². The molecule has 144 valence electrons. The number of halogens is 3. The predicted octanol–water partition coefficient (Wildman–Crippen LogP) is 4.61. The molecule has 0 saturated carbocycles. The molecule has 4 rings (SSSR count). The van der Waals surface area contributed by atoms with Crippen molar-refractivity contribution in [2.24, 2.45) is 0 Å². The average molecular weight is 436 g/mol. The molecule has 0 amide bonds. The van der Waals surface area contributed by atoms with Gasteiger partial charge in [-0.3, -0.25) is 6.08 Å². The molecule has 2 aliphatic carbocycles. The van der Waals surface area contributed by atoms with Crippen molar-refractivity contribution >= 4 is 10.1 Å². The third kappa shape index (κ3) is 6.66. The normalized spacial score (nSPS) is 13.3. The van der Waals surface area contributed by atoms with Gasteiger partial charge >= 0.3 is 22.6 Å². The molecule has 0 saturated heterocycles. The first-order valence-corrected chi connectivity index (χ1v) is 9.01. The molecule has 0 radical (unpaired) electrons. The summed E-state index contributed by atoms with van der Waals surface area (Å²) < 4.78 is 58.9. The summed E-state index contributed by atoms with van der Waals surface area (Å²) >= 11 is 0. The summed E-state index contributed by atoms with van der Waals surface area (Å²) in [7, 11) is -6.09. The van der Waals surface area contributed by atoms with Gasteiger partial charge in [0.05, 0.1) is 0 Å². The van der Waals surface area contributed by atoms with Gasteiger partial charge in [0.25, 0.3) is 0 Å². The first-order valence-electron chi connectivity index (χ1n) is 7.60. The van der Waals surface area contributed by atoms with Crippen LogP contribution in [0.4, 0.5) is 13.2 Å². The van der Waals surface area contributed by atoms with Crippen molar-refractivity contribution < 1.29 is 43.2 Å². The van der Waals surface area contributed by atoms with E-state index in [4.69, 9.17) is 13.0 Å². The molecule has 0 bridgehead atoms. The minimum Gasteiger partial charge on any atom is -0.741 e. The predicted molar refractivity (Wildman–Crippen MR) is 92.0 cm³/mol. The van der Waals surface area contributed by atoms with Crippen molar-refractivity contribution in [1.29, 1.82) is 0 Å². The molecule has 3 nitrogen and oxygen atoms in total. The minimum absolute atomic E-state index is 0. The number of benzene rings is 2. The maximum Gasteiger partial charge on any atom is 2.00 e. The monoisotopic (exact) mass is 436 g/mol. The molecule has 0 fully saturated rings. The Bertz CT molecular complexity index is 866. The second-order valence-electron chi connectivity index (χ2n) is 5.39. The van der Waals surface area contributed by atoms with Crippen LogP contribution >= 0.6 is 0 Å². The summed E-state index contributed by atoms with van der Waals surface area (Å²) in [6.07, 6.45) is 11.1. The number of hydrogen-bond donors (Lipinski definition) is 0. The second kappa shape index (κ2) is 9.90. The third-order valence-electron chi connectivity index (χ3n) is 3.58. The van der Waals surface area contributed by atoms with Crippen molar-refractivity contribution in [3.63, 3.8) is 0 Å². The van der Waals surface area contributed by atoms with Gasteiger partial charge in [0.15, 0.2) is 10.1 Å². The Hall–Kier alpha value is -1.86. The molecule has 27 heavy (non-hydrogen) atoms. The van der Waals surface area contributed by atoms with Crippen molar-refractivity contribution in [2.75, 3.05) is 0 Å². The maximum atomic E-state index is 10.7. The zero-order valence-corrected chi connectivity index (χ0v) is 15.8. The van der Waals surface area contributed by atoms with Gasteiger partial charge in [-0.15, -0.1) is 6.42 Å². The van der Waals surface area contributed by atoms with Crippen LogP contribution in [0.3, 0.4) is 0 Å². The molecule has 2 aromatic rings. The van der Waals surface area contributed by atoms with Crippen molar-refractivity contribution in [3.8, 4) is 11.1 Å². The van der Waals surface area contributed by atoms with E-state index < -0.39 is 15.6 Å². The Kier molecular flexibility index (Phi) is 8.50. The Labute approximate surface area is 166 Å². The van der Waals surface area contributed by atoms with Gasteiger partial charge in [-0.25, -0.2) is 20.6 Å². The molecule has 2 aromatic carbocycles. The first-order chi connectivity index (χ1) is 12.2. The summed E-state index contributed by atoms with van der Waals surface area (Å²) in [6, 6.07) is 17.3. The Balaban J connectivity index is 0.000000225. The van der Waals surface area contributed by atoms with Gasteiger partial charge in [-0.05, 0) is 28.7 Å².